The summed E-state index contributed by atoms with van der Waals surface area (Å²) in [5.41, 5.74) is 9.13. The zero-order chi connectivity index (χ0) is 24.7. The lowest BCUT2D eigenvalue weighted by atomic mass is 9.67. The second-order valence-corrected chi connectivity index (χ2v) is 10.1. The minimum absolute atomic E-state index is 0.0281. The molecule has 2 heterocycles. The number of hydrogen-bond acceptors (Lipinski definition) is 5. The number of primary amides is 1. The van der Waals surface area contributed by atoms with Crippen LogP contribution in [0.5, 0.6) is 0 Å². The summed E-state index contributed by atoms with van der Waals surface area (Å²) in [5.74, 6) is -0.912. The Morgan fingerprint density at radius 1 is 1.24 bits per heavy atom. The van der Waals surface area contributed by atoms with E-state index in [0.717, 1.165) is 29.5 Å². The second-order valence-electron chi connectivity index (χ2n) is 10.1. The van der Waals surface area contributed by atoms with Gasteiger partial charge in [0.05, 0.1) is 23.0 Å². The summed E-state index contributed by atoms with van der Waals surface area (Å²) in [4.78, 5) is 24.3. The first kappa shape index (κ1) is 23.8. The number of nitrogens with zero attached hydrogens (tertiary/aromatic N) is 2. The Bertz CT molecular complexity index is 1220. The Labute approximate surface area is 199 Å². The molecule has 8 heteroatoms. The number of fused-ring (bicyclic) bond motifs is 1. The van der Waals surface area contributed by atoms with Gasteiger partial charge in [0.2, 0.25) is 5.91 Å². The molecule has 180 valence electrons. The van der Waals surface area contributed by atoms with Crippen LogP contribution < -0.4 is 16.4 Å². The normalized spacial score (nSPS) is 22.4. The first-order chi connectivity index (χ1) is 16.0. The third kappa shape index (κ3) is 4.14. The van der Waals surface area contributed by atoms with Gasteiger partial charge in [-0.15, -0.1) is 0 Å². The Balaban J connectivity index is 1.68. The average molecular weight is 464 g/mol. The van der Waals surface area contributed by atoms with Crippen LogP contribution in [0.4, 0.5) is 5.69 Å². The summed E-state index contributed by atoms with van der Waals surface area (Å²) in [5, 5.41) is 20.5. The SMILES string of the molecule is C[C@H](O)C(=O)NC[C@@]1(C)CC[C@H](Nc2c(C(N)=O)cnn3cc(-c4ccccc4)cc23)C1(C)C. The molecule has 3 atom stereocenters. The molecule has 2 amide bonds. The highest BCUT2D eigenvalue weighted by atomic mass is 16.3. The van der Waals surface area contributed by atoms with Gasteiger partial charge in [-0.3, -0.25) is 9.59 Å². The molecule has 0 bridgehead atoms. The van der Waals surface area contributed by atoms with Crippen LogP contribution in [0.3, 0.4) is 0 Å². The van der Waals surface area contributed by atoms with Crippen molar-refractivity contribution in [3.63, 3.8) is 0 Å². The minimum Gasteiger partial charge on any atom is -0.384 e. The molecule has 5 N–H and O–H groups in total. The fourth-order valence-corrected chi connectivity index (χ4v) is 4.92. The summed E-state index contributed by atoms with van der Waals surface area (Å²) in [6, 6.07) is 12.0. The Kier molecular flexibility index (Phi) is 6.12. The van der Waals surface area contributed by atoms with E-state index in [9.17, 15) is 14.7 Å². The molecular weight excluding hydrogens is 430 g/mol. The quantitative estimate of drug-likeness (QED) is 0.429. The molecule has 3 aromatic rings. The summed E-state index contributed by atoms with van der Waals surface area (Å²) in [6.45, 7) is 8.41. The molecule has 0 spiro atoms. The smallest absolute Gasteiger partial charge is 0.252 e. The maximum Gasteiger partial charge on any atom is 0.252 e. The van der Waals surface area contributed by atoms with Crippen LogP contribution in [0.2, 0.25) is 0 Å². The zero-order valence-corrected chi connectivity index (χ0v) is 20.1. The van der Waals surface area contributed by atoms with Gasteiger partial charge in [-0.05, 0) is 42.2 Å². The number of aliphatic hydroxyl groups excluding tert-OH is 1. The molecule has 4 rings (SSSR count). The lowest BCUT2D eigenvalue weighted by Crippen LogP contribution is -2.48. The van der Waals surface area contributed by atoms with Gasteiger partial charge in [0.15, 0.2) is 0 Å². The first-order valence-electron chi connectivity index (χ1n) is 11.6. The molecule has 0 unspecified atom stereocenters. The summed E-state index contributed by atoms with van der Waals surface area (Å²) >= 11 is 0. The van der Waals surface area contributed by atoms with Gasteiger partial charge < -0.3 is 21.5 Å². The van der Waals surface area contributed by atoms with E-state index in [0.29, 0.717) is 17.8 Å². The number of benzene rings is 1. The van der Waals surface area contributed by atoms with Crippen molar-refractivity contribution in [2.24, 2.45) is 16.6 Å². The summed E-state index contributed by atoms with van der Waals surface area (Å²) in [7, 11) is 0. The molecule has 8 nitrogen and oxygen atoms in total. The van der Waals surface area contributed by atoms with Gasteiger partial charge in [-0.1, -0.05) is 51.1 Å². The number of rotatable bonds is 7. The number of nitrogens with one attached hydrogen (secondary N) is 2. The van der Waals surface area contributed by atoms with Crippen LogP contribution in [-0.2, 0) is 4.79 Å². The van der Waals surface area contributed by atoms with Crippen molar-refractivity contribution in [2.75, 3.05) is 11.9 Å². The average Bonchev–Trinajstić information content (AvgIpc) is 3.33. The number of carbonyl (C=O) groups excluding carboxylic acids is 2. The van der Waals surface area contributed by atoms with Crippen LogP contribution in [0.15, 0.2) is 48.8 Å². The number of carbonyl (C=O) groups is 2. The topological polar surface area (TPSA) is 122 Å². The van der Waals surface area contributed by atoms with Crippen molar-refractivity contribution in [3.8, 4) is 11.1 Å². The Morgan fingerprint density at radius 2 is 1.94 bits per heavy atom. The predicted octanol–water partition coefficient (Wildman–Crippen LogP) is 3.20. The number of hydrogen-bond donors (Lipinski definition) is 4. The fourth-order valence-electron chi connectivity index (χ4n) is 4.92. The van der Waals surface area contributed by atoms with Crippen LogP contribution in [-0.4, -0.2) is 45.2 Å². The van der Waals surface area contributed by atoms with Crippen molar-refractivity contribution < 1.29 is 14.7 Å². The zero-order valence-electron chi connectivity index (χ0n) is 20.1. The van der Waals surface area contributed by atoms with E-state index in [-0.39, 0.29) is 22.8 Å². The third-order valence-electron chi connectivity index (χ3n) is 7.77. The first-order valence-corrected chi connectivity index (χ1v) is 11.6. The van der Waals surface area contributed by atoms with Gasteiger partial charge in [-0.2, -0.15) is 5.10 Å². The molecule has 1 aromatic carbocycles. The molecule has 1 fully saturated rings. The Morgan fingerprint density at radius 3 is 2.59 bits per heavy atom. The highest BCUT2D eigenvalue weighted by molar-refractivity contribution is 6.02. The van der Waals surface area contributed by atoms with Crippen LogP contribution >= 0.6 is 0 Å². The van der Waals surface area contributed by atoms with E-state index in [1.54, 1.807) is 4.52 Å². The Hall–Kier alpha value is -3.39. The lowest BCUT2D eigenvalue weighted by Gasteiger charge is -2.42. The van der Waals surface area contributed by atoms with E-state index in [2.05, 4.69) is 36.5 Å². The molecule has 0 aliphatic heterocycles. The third-order valence-corrected chi connectivity index (χ3v) is 7.77. The van der Waals surface area contributed by atoms with Gasteiger partial charge in [0, 0.05) is 24.3 Å². The molecular formula is C26H33N5O3. The van der Waals surface area contributed by atoms with E-state index < -0.39 is 12.0 Å². The fraction of sp³-hybridized carbons (Fsp3) is 0.423. The number of anilines is 1. The molecule has 1 saturated carbocycles. The van der Waals surface area contributed by atoms with E-state index in [1.807, 2.05) is 42.6 Å². The number of aliphatic hydroxyl groups is 1. The number of nitrogens with two attached hydrogens (primary N) is 1. The maximum absolute atomic E-state index is 12.3. The van der Waals surface area contributed by atoms with Crippen molar-refractivity contribution in [1.29, 1.82) is 0 Å². The summed E-state index contributed by atoms with van der Waals surface area (Å²) < 4.78 is 1.76. The van der Waals surface area contributed by atoms with E-state index in [4.69, 9.17) is 5.73 Å². The van der Waals surface area contributed by atoms with E-state index >= 15 is 0 Å². The molecule has 34 heavy (non-hydrogen) atoms. The summed E-state index contributed by atoms with van der Waals surface area (Å²) in [6.07, 6.45) is 4.14. The molecule has 1 aliphatic carbocycles. The lowest BCUT2D eigenvalue weighted by molar-refractivity contribution is -0.129. The van der Waals surface area contributed by atoms with Gasteiger partial charge >= 0.3 is 0 Å². The van der Waals surface area contributed by atoms with Crippen molar-refractivity contribution >= 4 is 23.0 Å². The van der Waals surface area contributed by atoms with E-state index in [1.165, 1.54) is 13.1 Å². The van der Waals surface area contributed by atoms with Crippen molar-refractivity contribution in [2.45, 2.75) is 52.7 Å². The molecule has 0 saturated heterocycles. The minimum atomic E-state index is -1.04. The molecule has 0 radical (unpaired) electrons. The van der Waals surface area contributed by atoms with Crippen LogP contribution in [0.25, 0.3) is 16.6 Å². The van der Waals surface area contributed by atoms with Gasteiger partial charge in [-0.25, -0.2) is 4.52 Å². The van der Waals surface area contributed by atoms with Crippen molar-refractivity contribution in [1.82, 2.24) is 14.9 Å². The highest BCUT2D eigenvalue weighted by Gasteiger charge is 2.51. The number of amides is 2. The van der Waals surface area contributed by atoms with Crippen LogP contribution in [0, 0.1) is 10.8 Å². The predicted molar refractivity (Wildman–Crippen MR) is 132 cm³/mol. The largest absolute Gasteiger partial charge is 0.384 e. The monoisotopic (exact) mass is 463 g/mol. The van der Waals surface area contributed by atoms with Gasteiger partial charge in [0.1, 0.15) is 6.10 Å². The van der Waals surface area contributed by atoms with Gasteiger partial charge in [0.25, 0.3) is 5.91 Å². The standard InChI is InChI=1S/C26H33N5O3/c1-16(32)24(34)28-15-26(4)11-10-21(25(26,2)3)30-22-19(23(27)33)13-29-31-14-18(12-20(22)31)17-8-6-5-7-9-17/h5-9,12-14,16,21,30,32H,10-11,15H2,1-4H3,(H2,27,33)(H,28,34)/t16-,21-,26+/m0/s1. The number of aromatic nitrogens is 2. The van der Waals surface area contributed by atoms with Crippen molar-refractivity contribution in [3.05, 3.63) is 54.4 Å². The maximum atomic E-state index is 12.3. The molecule has 1 aliphatic rings. The highest BCUT2D eigenvalue weighted by Crippen LogP contribution is 2.53. The molecule has 2 aromatic heterocycles. The second kappa shape index (κ2) is 8.76. The van der Waals surface area contributed by atoms with Crippen LogP contribution in [0.1, 0.15) is 50.9 Å².